The number of nitrogens with two attached hydrogens (primary N) is 1. The van der Waals surface area contributed by atoms with E-state index in [1.807, 2.05) is 0 Å². The molecule has 0 radical (unpaired) electrons. The molecule has 2 aliphatic heterocycles. The van der Waals surface area contributed by atoms with Gasteiger partial charge >= 0.3 is 0 Å². The number of aromatic nitrogens is 2. The third-order valence-electron chi connectivity index (χ3n) is 3.37. The molecule has 5 atom stereocenters. The van der Waals surface area contributed by atoms with Crippen molar-refractivity contribution in [2.45, 2.75) is 24.6 Å². The Morgan fingerprint density at radius 3 is 2.95 bits per heavy atom. The molecule has 0 spiro atoms. The predicted octanol–water partition coefficient (Wildman–Crippen LogP) is -0.599. The van der Waals surface area contributed by atoms with Crippen molar-refractivity contribution in [2.24, 2.45) is 10.8 Å². The van der Waals surface area contributed by atoms with Crippen LogP contribution in [0.3, 0.4) is 0 Å². The van der Waals surface area contributed by atoms with Gasteiger partial charge in [0.15, 0.2) is 5.69 Å². The van der Waals surface area contributed by atoms with Gasteiger partial charge in [0, 0.05) is 0 Å². The lowest BCUT2D eigenvalue weighted by Crippen LogP contribution is -2.64. The summed E-state index contributed by atoms with van der Waals surface area (Å²) in [6, 6.07) is 0. The van der Waals surface area contributed by atoms with E-state index in [4.69, 9.17) is 27.3 Å². The summed E-state index contributed by atoms with van der Waals surface area (Å²) in [4.78, 5) is 11.7. The monoisotopic (exact) mass is 304 g/mol. The molecule has 0 saturated carbocycles. The van der Waals surface area contributed by atoms with Crippen molar-refractivity contribution in [3.63, 3.8) is 0 Å². The second kappa shape index (κ2) is 4.65. The first-order valence-electron chi connectivity index (χ1n) is 5.81. The van der Waals surface area contributed by atoms with Crippen LogP contribution in [0.5, 0.6) is 0 Å². The lowest BCUT2D eigenvalue weighted by atomic mass is 10.1. The van der Waals surface area contributed by atoms with E-state index < -0.39 is 35.8 Å². The number of hydrogen-bond donors (Lipinski definition) is 3. The average Bonchev–Trinajstić information content (AvgIpc) is 2.91. The Hall–Kier alpha value is -1.23. The van der Waals surface area contributed by atoms with Gasteiger partial charge in [-0.1, -0.05) is 0 Å². The predicted molar refractivity (Wildman–Crippen MR) is 67.8 cm³/mol. The molecular formula is C10H12ClFN5O3+. The van der Waals surface area contributed by atoms with E-state index >= 15 is 0 Å². The van der Waals surface area contributed by atoms with Crippen molar-refractivity contribution < 1.29 is 19.3 Å². The van der Waals surface area contributed by atoms with E-state index in [0.717, 1.165) is 0 Å². The number of aliphatic hydroxyl groups excluding tert-OH is 2. The summed E-state index contributed by atoms with van der Waals surface area (Å²) >= 11 is 5.71. The van der Waals surface area contributed by atoms with E-state index in [-0.39, 0.29) is 11.1 Å². The van der Waals surface area contributed by atoms with Crippen LogP contribution in [0.1, 0.15) is 0 Å². The number of hydrogen-bond acceptors (Lipinski definition) is 7. The molecule has 0 aliphatic carbocycles. The zero-order valence-electron chi connectivity index (χ0n) is 10.1. The third-order valence-corrected chi connectivity index (χ3v) is 3.55. The second-order valence-corrected chi connectivity index (χ2v) is 4.95. The number of rotatable bonds is 2. The van der Waals surface area contributed by atoms with Gasteiger partial charge in [0.05, 0.1) is 12.8 Å². The fourth-order valence-corrected chi connectivity index (χ4v) is 2.45. The molecular weight excluding hydrogens is 293 g/mol. The molecule has 8 nitrogen and oxygen atoms in total. The Bertz CT molecular complexity index is 576. The van der Waals surface area contributed by atoms with Crippen LogP contribution in [-0.2, 0) is 4.74 Å². The van der Waals surface area contributed by atoms with E-state index in [0.29, 0.717) is 5.69 Å². The summed E-state index contributed by atoms with van der Waals surface area (Å²) in [7, 11) is 0. The number of aliphatic hydroxyl groups is 2. The van der Waals surface area contributed by atoms with Crippen LogP contribution >= 0.6 is 11.6 Å². The highest BCUT2D eigenvalue weighted by molar-refractivity contribution is 6.28. The summed E-state index contributed by atoms with van der Waals surface area (Å²) in [6.45, 7) is -0.521. The molecule has 0 aromatic carbocycles. The second-order valence-electron chi connectivity index (χ2n) is 4.61. The summed E-state index contributed by atoms with van der Waals surface area (Å²) in [5.41, 5.74) is 0.342. The molecule has 10 heteroatoms. The molecule has 0 amide bonds. The summed E-state index contributed by atoms with van der Waals surface area (Å²) in [5.74, 6) is 6.27. The van der Waals surface area contributed by atoms with E-state index in [2.05, 4.69) is 15.0 Å². The standard InChI is InChI=1S/C10H12ClFN5O3/c11-10-14-1-4-8(16-10)17(13,3-15-4)9-6(12)7(19)5(2-18)20-9/h1,3,5-7,9,18-19H,2,13H2/q+1/t5-,6+,7-,9-,17?/m1/s1. The lowest BCUT2D eigenvalue weighted by Gasteiger charge is -2.29. The Labute approximate surface area is 117 Å². The SMILES string of the molecule is N[N+]1([C@@H]2O[C@H](CO)[C@@H](O)[C@@H]2F)C=Nc2cnc(Cl)nc21. The van der Waals surface area contributed by atoms with Crippen LogP contribution in [0.4, 0.5) is 15.9 Å². The van der Waals surface area contributed by atoms with Gasteiger partial charge in [-0.15, -0.1) is 4.59 Å². The Balaban J connectivity index is 2.00. The first kappa shape index (κ1) is 13.7. The minimum Gasteiger partial charge on any atom is -0.394 e. The largest absolute Gasteiger partial charge is 0.394 e. The van der Waals surface area contributed by atoms with Gasteiger partial charge < -0.3 is 14.9 Å². The number of aliphatic imine (C=N–C) groups is 1. The molecule has 1 aromatic rings. The van der Waals surface area contributed by atoms with Gasteiger partial charge in [0.2, 0.25) is 17.8 Å². The van der Waals surface area contributed by atoms with Gasteiger partial charge in [0.25, 0.3) is 12.0 Å². The maximum absolute atomic E-state index is 14.2. The molecule has 1 saturated heterocycles. The summed E-state index contributed by atoms with van der Waals surface area (Å²) in [6.07, 6.45) is -3.02. The molecule has 4 N–H and O–H groups in total. The van der Waals surface area contributed by atoms with Crippen LogP contribution < -0.4 is 10.4 Å². The number of nitrogens with zero attached hydrogens (tertiary/aromatic N) is 4. The van der Waals surface area contributed by atoms with Crippen molar-refractivity contribution >= 4 is 29.4 Å². The van der Waals surface area contributed by atoms with Gasteiger partial charge in [-0.25, -0.2) is 9.37 Å². The van der Waals surface area contributed by atoms with Gasteiger partial charge in [-0.2, -0.15) is 15.8 Å². The first-order chi connectivity index (χ1) is 9.47. The molecule has 2 aliphatic rings. The molecule has 3 heterocycles. The van der Waals surface area contributed by atoms with Crippen molar-refractivity contribution in [1.29, 1.82) is 0 Å². The highest BCUT2D eigenvalue weighted by Gasteiger charge is 2.57. The van der Waals surface area contributed by atoms with Crippen molar-refractivity contribution in [1.82, 2.24) is 14.6 Å². The van der Waals surface area contributed by atoms with Crippen LogP contribution in [0.2, 0.25) is 5.28 Å². The first-order valence-corrected chi connectivity index (χ1v) is 6.19. The maximum Gasteiger partial charge on any atom is 0.286 e. The van der Waals surface area contributed by atoms with E-state index in [1.165, 1.54) is 12.5 Å². The van der Waals surface area contributed by atoms with Crippen molar-refractivity contribution in [3.8, 4) is 0 Å². The molecule has 0 bridgehead atoms. The zero-order chi connectivity index (χ0) is 14.5. The van der Waals surface area contributed by atoms with Crippen LogP contribution in [0, 0.1) is 0 Å². The van der Waals surface area contributed by atoms with Gasteiger partial charge in [0.1, 0.15) is 12.2 Å². The Kier molecular flexibility index (Phi) is 3.20. The molecule has 108 valence electrons. The summed E-state index contributed by atoms with van der Waals surface area (Å²) in [5, 5.41) is 18.7. The van der Waals surface area contributed by atoms with Crippen LogP contribution in [0.25, 0.3) is 0 Å². The molecule has 1 aromatic heterocycles. The molecule has 3 rings (SSSR count). The zero-order valence-corrected chi connectivity index (χ0v) is 10.9. The normalized spacial score (nSPS) is 39.2. The van der Waals surface area contributed by atoms with Crippen LogP contribution in [-0.4, -0.2) is 57.7 Å². The van der Waals surface area contributed by atoms with Crippen molar-refractivity contribution in [3.05, 3.63) is 11.5 Å². The highest BCUT2D eigenvalue weighted by atomic mass is 35.5. The number of fused-ring (bicyclic) bond motifs is 1. The Morgan fingerprint density at radius 2 is 2.30 bits per heavy atom. The van der Waals surface area contributed by atoms with E-state index in [9.17, 15) is 9.50 Å². The number of quaternary nitrogens is 1. The average molecular weight is 305 g/mol. The topological polar surface area (TPSA) is 114 Å². The molecule has 1 fully saturated rings. The van der Waals surface area contributed by atoms with Crippen LogP contribution in [0.15, 0.2) is 11.2 Å². The van der Waals surface area contributed by atoms with Gasteiger partial charge in [-0.05, 0) is 11.6 Å². The number of alkyl halides is 1. The fraction of sp³-hybridized carbons (Fsp3) is 0.500. The van der Waals surface area contributed by atoms with E-state index in [1.54, 1.807) is 0 Å². The van der Waals surface area contributed by atoms with Gasteiger partial charge in [-0.3, -0.25) is 0 Å². The molecule has 1 unspecified atom stereocenters. The lowest BCUT2D eigenvalue weighted by molar-refractivity contribution is -0.0600. The minimum atomic E-state index is -1.80. The van der Waals surface area contributed by atoms with Crippen molar-refractivity contribution in [2.75, 3.05) is 6.61 Å². The fourth-order valence-electron chi connectivity index (χ4n) is 2.32. The summed E-state index contributed by atoms with van der Waals surface area (Å²) < 4.78 is 18.8. The molecule has 20 heavy (non-hydrogen) atoms. The quantitative estimate of drug-likeness (QED) is 0.382. The Morgan fingerprint density at radius 1 is 1.55 bits per heavy atom. The number of ether oxygens (including phenoxy) is 1. The smallest absolute Gasteiger partial charge is 0.286 e. The maximum atomic E-state index is 14.2. The number of halogens is 2. The minimum absolute atomic E-state index is 0.0603. The highest BCUT2D eigenvalue weighted by Crippen LogP contribution is 2.39. The third kappa shape index (κ3) is 1.83.